The van der Waals surface area contributed by atoms with Crippen LogP contribution in [0.3, 0.4) is 0 Å². The van der Waals surface area contributed by atoms with Gasteiger partial charge in [-0.2, -0.15) is 0 Å². The Balaban J connectivity index is 1.60. The molecule has 8 heteroatoms. The average molecular weight is 400 g/mol. The molecule has 0 aromatic heterocycles. The molecule has 1 atom stereocenters. The van der Waals surface area contributed by atoms with Crippen molar-refractivity contribution in [2.24, 2.45) is 16.6 Å². The Morgan fingerprint density at radius 3 is 2.59 bits per heavy atom. The number of guanidine groups is 1. The maximum Gasteiger partial charge on any atom is 0.222 e. The molecule has 0 spiro atoms. The van der Waals surface area contributed by atoms with Crippen LogP contribution in [0.2, 0.25) is 0 Å². The van der Waals surface area contributed by atoms with Crippen LogP contribution in [-0.2, 0) is 11.2 Å². The summed E-state index contributed by atoms with van der Waals surface area (Å²) in [6.45, 7) is 1.52. The van der Waals surface area contributed by atoms with E-state index in [2.05, 4.69) is 15.6 Å². The van der Waals surface area contributed by atoms with Crippen molar-refractivity contribution in [3.8, 4) is 11.5 Å². The first kappa shape index (κ1) is 20.4. The van der Waals surface area contributed by atoms with Crippen LogP contribution in [0.1, 0.15) is 12.0 Å². The molecule has 1 aliphatic heterocycles. The van der Waals surface area contributed by atoms with E-state index < -0.39 is 11.8 Å². The first-order valence-electron chi connectivity index (χ1n) is 9.46. The first-order valence-corrected chi connectivity index (χ1v) is 9.46. The standard InChI is InChI=1S/C21H25FN4O3/c1-24-21(26-17-7-8-18-19(12-17)29-10-2-9-28-18)25-13-15(20(23)27)11-14-3-5-16(22)6-4-14/h3-8,12,15H,2,9-11,13H2,1H3,(H2,23,27)(H2,24,25,26). The van der Waals surface area contributed by atoms with Crippen LogP contribution < -0.4 is 25.8 Å². The van der Waals surface area contributed by atoms with E-state index in [4.69, 9.17) is 15.2 Å². The molecule has 154 valence electrons. The SMILES string of the molecule is CN=C(NCC(Cc1ccc(F)cc1)C(N)=O)Nc1ccc2c(c1)OCCCO2. The summed E-state index contributed by atoms with van der Waals surface area (Å²) in [5.41, 5.74) is 7.15. The number of nitrogens with one attached hydrogen (secondary N) is 2. The number of anilines is 1. The summed E-state index contributed by atoms with van der Waals surface area (Å²) in [6, 6.07) is 11.6. The molecular formula is C21H25FN4O3. The molecule has 7 nitrogen and oxygen atoms in total. The molecule has 0 aliphatic carbocycles. The monoisotopic (exact) mass is 400 g/mol. The van der Waals surface area contributed by atoms with E-state index in [1.165, 1.54) is 12.1 Å². The van der Waals surface area contributed by atoms with Gasteiger partial charge in [-0.25, -0.2) is 4.39 Å². The molecule has 1 unspecified atom stereocenters. The highest BCUT2D eigenvalue weighted by molar-refractivity contribution is 5.94. The van der Waals surface area contributed by atoms with Crippen molar-refractivity contribution < 1.29 is 18.7 Å². The largest absolute Gasteiger partial charge is 0.490 e. The average Bonchev–Trinajstić information content (AvgIpc) is 2.96. The zero-order valence-corrected chi connectivity index (χ0v) is 16.3. The van der Waals surface area contributed by atoms with Crippen molar-refractivity contribution in [3.05, 3.63) is 53.8 Å². The van der Waals surface area contributed by atoms with Gasteiger partial charge in [0.1, 0.15) is 5.82 Å². The van der Waals surface area contributed by atoms with E-state index >= 15 is 0 Å². The number of nitrogens with zero attached hydrogens (tertiary/aromatic N) is 1. The van der Waals surface area contributed by atoms with Gasteiger partial charge in [-0.3, -0.25) is 9.79 Å². The third-order valence-electron chi connectivity index (χ3n) is 4.55. The number of hydrogen-bond donors (Lipinski definition) is 3. The Bertz CT molecular complexity index is 871. The van der Waals surface area contributed by atoms with E-state index in [1.807, 2.05) is 18.2 Å². The van der Waals surface area contributed by atoms with Gasteiger partial charge in [0.2, 0.25) is 5.91 Å². The number of nitrogens with two attached hydrogens (primary N) is 1. The highest BCUT2D eigenvalue weighted by Crippen LogP contribution is 2.32. The Hall–Kier alpha value is -3.29. The van der Waals surface area contributed by atoms with Crippen LogP contribution >= 0.6 is 0 Å². The van der Waals surface area contributed by atoms with Crippen molar-refractivity contribution in [1.82, 2.24) is 5.32 Å². The number of primary amides is 1. The third-order valence-corrected chi connectivity index (χ3v) is 4.55. The minimum absolute atomic E-state index is 0.289. The van der Waals surface area contributed by atoms with Crippen LogP contribution in [0.15, 0.2) is 47.5 Å². The molecular weight excluding hydrogens is 375 g/mol. The van der Waals surface area contributed by atoms with Crippen molar-refractivity contribution in [1.29, 1.82) is 0 Å². The summed E-state index contributed by atoms with van der Waals surface area (Å²) in [6.07, 6.45) is 1.24. The van der Waals surface area contributed by atoms with Crippen LogP contribution in [0.25, 0.3) is 0 Å². The highest BCUT2D eigenvalue weighted by atomic mass is 19.1. The molecule has 1 amide bonds. The Morgan fingerprint density at radius 1 is 1.17 bits per heavy atom. The molecule has 1 heterocycles. The van der Waals surface area contributed by atoms with Gasteiger partial charge in [-0.15, -0.1) is 0 Å². The minimum Gasteiger partial charge on any atom is -0.490 e. The van der Waals surface area contributed by atoms with Gasteiger partial charge in [0.25, 0.3) is 0 Å². The first-order chi connectivity index (χ1) is 14.0. The molecule has 4 N–H and O–H groups in total. The lowest BCUT2D eigenvalue weighted by atomic mass is 9.98. The van der Waals surface area contributed by atoms with E-state index in [9.17, 15) is 9.18 Å². The summed E-state index contributed by atoms with van der Waals surface area (Å²) in [4.78, 5) is 16.0. The minimum atomic E-state index is -0.470. The molecule has 0 saturated heterocycles. The fraction of sp³-hybridized carbons (Fsp3) is 0.333. The number of aliphatic imine (C=N–C) groups is 1. The van der Waals surface area contributed by atoms with Crippen LogP contribution in [-0.4, -0.2) is 38.7 Å². The fourth-order valence-corrected chi connectivity index (χ4v) is 2.96. The lowest BCUT2D eigenvalue weighted by Gasteiger charge is -2.18. The predicted molar refractivity (Wildman–Crippen MR) is 110 cm³/mol. The predicted octanol–water partition coefficient (Wildman–Crippen LogP) is 2.32. The number of amides is 1. The quantitative estimate of drug-likeness (QED) is 0.511. The third kappa shape index (κ3) is 5.84. The normalized spacial score (nSPS) is 14.6. The number of benzene rings is 2. The number of carbonyl (C=O) groups excluding carboxylic acids is 1. The van der Waals surface area contributed by atoms with Crippen LogP contribution in [0, 0.1) is 11.7 Å². The number of ether oxygens (including phenoxy) is 2. The van der Waals surface area contributed by atoms with Crippen molar-refractivity contribution in [3.63, 3.8) is 0 Å². The molecule has 2 aromatic carbocycles. The zero-order valence-electron chi connectivity index (χ0n) is 16.3. The Labute approximate surface area is 169 Å². The maximum atomic E-state index is 13.1. The van der Waals surface area contributed by atoms with Crippen LogP contribution in [0.5, 0.6) is 11.5 Å². The topological polar surface area (TPSA) is 98.0 Å². The second-order valence-electron chi connectivity index (χ2n) is 6.72. The highest BCUT2D eigenvalue weighted by Gasteiger charge is 2.17. The van der Waals surface area contributed by atoms with Gasteiger partial charge in [0, 0.05) is 31.8 Å². The Morgan fingerprint density at radius 2 is 1.90 bits per heavy atom. The zero-order chi connectivity index (χ0) is 20.6. The molecule has 1 aliphatic rings. The number of rotatable bonds is 6. The lowest BCUT2D eigenvalue weighted by molar-refractivity contribution is -0.121. The second-order valence-corrected chi connectivity index (χ2v) is 6.72. The summed E-state index contributed by atoms with van der Waals surface area (Å²) >= 11 is 0. The van der Waals surface area contributed by atoms with E-state index in [0.29, 0.717) is 37.1 Å². The van der Waals surface area contributed by atoms with E-state index in [0.717, 1.165) is 17.7 Å². The number of carbonyl (C=O) groups is 1. The van der Waals surface area contributed by atoms with Gasteiger partial charge < -0.3 is 25.8 Å². The molecule has 0 saturated carbocycles. The van der Waals surface area contributed by atoms with E-state index in [-0.39, 0.29) is 12.4 Å². The number of fused-ring (bicyclic) bond motifs is 1. The Kier molecular flexibility index (Phi) is 6.89. The number of hydrogen-bond acceptors (Lipinski definition) is 4. The summed E-state index contributed by atoms with van der Waals surface area (Å²) in [5.74, 6) is 0.654. The van der Waals surface area contributed by atoms with Crippen molar-refractivity contribution in [2.75, 3.05) is 32.1 Å². The summed E-state index contributed by atoms with van der Waals surface area (Å²) < 4.78 is 24.4. The lowest BCUT2D eigenvalue weighted by Crippen LogP contribution is -2.40. The molecule has 0 bridgehead atoms. The second kappa shape index (κ2) is 9.77. The van der Waals surface area contributed by atoms with Gasteiger partial charge in [0.05, 0.1) is 19.1 Å². The van der Waals surface area contributed by atoms with Gasteiger partial charge >= 0.3 is 0 Å². The summed E-state index contributed by atoms with van der Waals surface area (Å²) in [5, 5.41) is 6.28. The van der Waals surface area contributed by atoms with Gasteiger partial charge in [-0.05, 0) is 36.2 Å². The van der Waals surface area contributed by atoms with Crippen molar-refractivity contribution in [2.45, 2.75) is 12.8 Å². The smallest absolute Gasteiger partial charge is 0.222 e. The maximum absolute atomic E-state index is 13.1. The molecule has 0 fully saturated rings. The molecule has 0 radical (unpaired) electrons. The van der Waals surface area contributed by atoms with Gasteiger partial charge in [-0.1, -0.05) is 12.1 Å². The fourth-order valence-electron chi connectivity index (χ4n) is 2.96. The van der Waals surface area contributed by atoms with Crippen LogP contribution in [0.4, 0.5) is 10.1 Å². The number of halogens is 1. The van der Waals surface area contributed by atoms with Gasteiger partial charge in [0.15, 0.2) is 17.5 Å². The molecule has 29 heavy (non-hydrogen) atoms. The van der Waals surface area contributed by atoms with Crippen molar-refractivity contribution >= 4 is 17.6 Å². The van der Waals surface area contributed by atoms with E-state index in [1.54, 1.807) is 19.2 Å². The molecule has 3 rings (SSSR count). The summed E-state index contributed by atoms with van der Waals surface area (Å²) in [7, 11) is 1.64. The molecule has 2 aromatic rings.